The standard InChI is InChI=1S/C11H22N2O3/c1-5-13(9-11(15)16-4)8-6-7-10(14)12(2)3/h5-9H2,1-4H3. The molecule has 0 N–H and O–H groups in total. The van der Waals surface area contributed by atoms with Gasteiger partial charge in [0.1, 0.15) is 0 Å². The fraction of sp³-hybridized carbons (Fsp3) is 0.818. The molecule has 1 amide bonds. The van der Waals surface area contributed by atoms with Crippen molar-refractivity contribution in [3.05, 3.63) is 0 Å². The summed E-state index contributed by atoms with van der Waals surface area (Å²) >= 11 is 0. The minimum absolute atomic E-state index is 0.120. The summed E-state index contributed by atoms with van der Waals surface area (Å²) in [5, 5.41) is 0. The maximum absolute atomic E-state index is 11.3. The van der Waals surface area contributed by atoms with Crippen LogP contribution in [-0.2, 0) is 14.3 Å². The average molecular weight is 230 g/mol. The van der Waals surface area contributed by atoms with Gasteiger partial charge in [-0.05, 0) is 19.5 Å². The fourth-order valence-corrected chi connectivity index (χ4v) is 1.27. The summed E-state index contributed by atoms with van der Waals surface area (Å²) < 4.78 is 4.59. The van der Waals surface area contributed by atoms with Crippen molar-refractivity contribution < 1.29 is 14.3 Å². The highest BCUT2D eigenvalue weighted by Crippen LogP contribution is 1.98. The molecule has 5 nitrogen and oxygen atoms in total. The molecule has 0 bridgehead atoms. The SMILES string of the molecule is CCN(CCCC(=O)N(C)C)CC(=O)OC. The van der Waals surface area contributed by atoms with E-state index in [-0.39, 0.29) is 11.9 Å². The second-order valence-corrected chi connectivity index (χ2v) is 3.84. The number of carbonyl (C=O) groups is 2. The average Bonchev–Trinajstić information content (AvgIpc) is 2.26. The van der Waals surface area contributed by atoms with Gasteiger partial charge < -0.3 is 9.64 Å². The molecule has 0 saturated carbocycles. The van der Waals surface area contributed by atoms with Crippen molar-refractivity contribution in [1.29, 1.82) is 0 Å². The van der Waals surface area contributed by atoms with Crippen LogP contribution in [0, 0.1) is 0 Å². The van der Waals surface area contributed by atoms with E-state index in [0.717, 1.165) is 19.5 Å². The van der Waals surface area contributed by atoms with Crippen LogP contribution in [-0.4, -0.2) is 62.5 Å². The lowest BCUT2D eigenvalue weighted by atomic mass is 10.2. The van der Waals surface area contributed by atoms with Crippen molar-refractivity contribution in [2.75, 3.05) is 40.8 Å². The molecule has 0 aromatic carbocycles. The minimum atomic E-state index is -0.235. The van der Waals surface area contributed by atoms with E-state index in [1.165, 1.54) is 7.11 Å². The van der Waals surface area contributed by atoms with Crippen molar-refractivity contribution in [2.24, 2.45) is 0 Å². The number of hydrogen-bond donors (Lipinski definition) is 0. The molecule has 0 aliphatic carbocycles. The van der Waals surface area contributed by atoms with Gasteiger partial charge in [0.25, 0.3) is 0 Å². The van der Waals surface area contributed by atoms with Gasteiger partial charge in [0.15, 0.2) is 0 Å². The van der Waals surface area contributed by atoms with E-state index in [2.05, 4.69) is 4.74 Å². The Bertz CT molecular complexity index is 229. The number of likely N-dealkylation sites (N-methyl/N-ethyl adjacent to an activating group) is 1. The van der Waals surface area contributed by atoms with Gasteiger partial charge in [-0.3, -0.25) is 14.5 Å². The highest BCUT2D eigenvalue weighted by molar-refractivity contribution is 5.75. The zero-order valence-electron chi connectivity index (χ0n) is 10.7. The van der Waals surface area contributed by atoms with Crippen molar-refractivity contribution in [3.8, 4) is 0 Å². The highest BCUT2D eigenvalue weighted by Gasteiger charge is 2.10. The first-order valence-electron chi connectivity index (χ1n) is 5.50. The number of nitrogens with zero attached hydrogens (tertiary/aromatic N) is 2. The monoisotopic (exact) mass is 230 g/mol. The maximum atomic E-state index is 11.3. The molecule has 0 radical (unpaired) electrons. The summed E-state index contributed by atoms with van der Waals surface area (Å²) in [6.45, 7) is 3.80. The van der Waals surface area contributed by atoms with E-state index in [9.17, 15) is 9.59 Å². The summed E-state index contributed by atoms with van der Waals surface area (Å²) in [7, 11) is 4.87. The Morgan fingerprint density at radius 3 is 2.31 bits per heavy atom. The molecular weight excluding hydrogens is 208 g/mol. The van der Waals surface area contributed by atoms with Crippen LogP contribution in [0.25, 0.3) is 0 Å². The van der Waals surface area contributed by atoms with E-state index in [4.69, 9.17) is 0 Å². The van der Waals surface area contributed by atoms with Crippen molar-refractivity contribution in [1.82, 2.24) is 9.80 Å². The summed E-state index contributed by atoms with van der Waals surface area (Å²) in [5.74, 6) is -0.116. The second-order valence-electron chi connectivity index (χ2n) is 3.84. The van der Waals surface area contributed by atoms with Gasteiger partial charge in [-0.2, -0.15) is 0 Å². The van der Waals surface area contributed by atoms with Gasteiger partial charge in [-0.1, -0.05) is 6.92 Å². The van der Waals surface area contributed by atoms with E-state index < -0.39 is 0 Å². The molecule has 5 heteroatoms. The Morgan fingerprint density at radius 1 is 1.25 bits per heavy atom. The molecule has 16 heavy (non-hydrogen) atoms. The second kappa shape index (κ2) is 8.10. The fourth-order valence-electron chi connectivity index (χ4n) is 1.27. The molecule has 0 unspecified atom stereocenters. The van der Waals surface area contributed by atoms with Crippen LogP contribution in [0.5, 0.6) is 0 Å². The Labute approximate surface area is 97.3 Å². The Hall–Kier alpha value is -1.10. The van der Waals surface area contributed by atoms with Gasteiger partial charge in [0.05, 0.1) is 13.7 Å². The third-order valence-corrected chi connectivity index (χ3v) is 2.39. The van der Waals surface area contributed by atoms with Crippen LogP contribution >= 0.6 is 0 Å². The number of amides is 1. The molecule has 0 aliphatic rings. The lowest BCUT2D eigenvalue weighted by Crippen LogP contribution is -2.32. The number of carbonyl (C=O) groups excluding carboxylic acids is 2. The first-order valence-corrected chi connectivity index (χ1v) is 5.50. The lowest BCUT2D eigenvalue weighted by Gasteiger charge is -2.19. The molecule has 0 rings (SSSR count). The predicted molar refractivity (Wildman–Crippen MR) is 62.1 cm³/mol. The number of methoxy groups -OCH3 is 1. The third kappa shape index (κ3) is 6.40. The molecule has 0 aliphatic heterocycles. The summed E-state index contributed by atoms with van der Waals surface area (Å²) in [4.78, 5) is 25.9. The van der Waals surface area contributed by atoms with E-state index in [0.29, 0.717) is 13.0 Å². The zero-order valence-corrected chi connectivity index (χ0v) is 10.7. The molecule has 0 fully saturated rings. The van der Waals surface area contributed by atoms with Crippen LogP contribution in [0.4, 0.5) is 0 Å². The van der Waals surface area contributed by atoms with E-state index >= 15 is 0 Å². The summed E-state index contributed by atoms with van der Waals surface area (Å²) in [6.07, 6.45) is 1.28. The number of ether oxygens (including phenoxy) is 1. The molecule has 0 heterocycles. The van der Waals surface area contributed by atoms with Crippen LogP contribution in [0.3, 0.4) is 0 Å². The normalized spacial score (nSPS) is 10.3. The first-order chi connectivity index (χ1) is 7.51. The van der Waals surface area contributed by atoms with Crippen LogP contribution < -0.4 is 0 Å². The molecule has 0 atom stereocenters. The molecular formula is C11H22N2O3. The van der Waals surface area contributed by atoms with Crippen molar-refractivity contribution in [3.63, 3.8) is 0 Å². The zero-order chi connectivity index (χ0) is 12.6. The van der Waals surface area contributed by atoms with E-state index in [1.807, 2.05) is 11.8 Å². The molecule has 0 saturated heterocycles. The number of hydrogen-bond acceptors (Lipinski definition) is 4. The Kier molecular flexibility index (Phi) is 7.54. The first kappa shape index (κ1) is 14.9. The van der Waals surface area contributed by atoms with Crippen LogP contribution in [0.1, 0.15) is 19.8 Å². The predicted octanol–water partition coefficient (Wildman–Crippen LogP) is 0.350. The van der Waals surface area contributed by atoms with Crippen molar-refractivity contribution in [2.45, 2.75) is 19.8 Å². The Morgan fingerprint density at radius 2 is 1.88 bits per heavy atom. The van der Waals surface area contributed by atoms with Crippen molar-refractivity contribution >= 4 is 11.9 Å². The molecule has 94 valence electrons. The quantitative estimate of drug-likeness (QED) is 0.592. The molecule has 0 aromatic heterocycles. The Balaban J connectivity index is 3.79. The summed E-state index contributed by atoms with van der Waals surface area (Å²) in [5.41, 5.74) is 0. The van der Waals surface area contributed by atoms with Gasteiger partial charge in [-0.25, -0.2) is 0 Å². The maximum Gasteiger partial charge on any atom is 0.319 e. The van der Waals surface area contributed by atoms with Gasteiger partial charge >= 0.3 is 5.97 Å². The summed E-state index contributed by atoms with van der Waals surface area (Å²) in [6, 6.07) is 0. The van der Waals surface area contributed by atoms with Gasteiger partial charge in [-0.15, -0.1) is 0 Å². The lowest BCUT2D eigenvalue weighted by molar-refractivity contribution is -0.141. The van der Waals surface area contributed by atoms with Crippen LogP contribution in [0.15, 0.2) is 0 Å². The topological polar surface area (TPSA) is 49.9 Å². The molecule has 0 aromatic rings. The number of rotatable bonds is 7. The molecule has 0 spiro atoms. The highest BCUT2D eigenvalue weighted by atomic mass is 16.5. The van der Waals surface area contributed by atoms with Gasteiger partial charge in [0, 0.05) is 20.5 Å². The van der Waals surface area contributed by atoms with Gasteiger partial charge in [0.2, 0.25) is 5.91 Å². The van der Waals surface area contributed by atoms with Crippen LogP contribution in [0.2, 0.25) is 0 Å². The third-order valence-electron chi connectivity index (χ3n) is 2.39. The van der Waals surface area contributed by atoms with E-state index in [1.54, 1.807) is 19.0 Å². The largest absolute Gasteiger partial charge is 0.468 e. The smallest absolute Gasteiger partial charge is 0.319 e. The minimum Gasteiger partial charge on any atom is -0.468 e. The number of esters is 1.